The van der Waals surface area contributed by atoms with Crippen molar-refractivity contribution in [2.24, 2.45) is 17.6 Å². The summed E-state index contributed by atoms with van der Waals surface area (Å²) >= 11 is 0. The smallest absolute Gasteiger partial charge is 0.0224 e. The minimum Gasteiger partial charge on any atom is -0.329 e. The molecule has 0 radical (unpaired) electrons. The summed E-state index contributed by atoms with van der Waals surface area (Å²) in [6, 6.07) is 1.52. The van der Waals surface area contributed by atoms with Crippen LogP contribution in [0.25, 0.3) is 0 Å². The predicted molar refractivity (Wildman–Crippen MR) is 69.4 cm³/mol. The Balaban J connectivity index is 2.01. The minimum absolute atomic E-state index is 0.667. The van der Waals surface area contributed by atoms with E-state index < -0.39 is 0 Å². The van der Waals surface area contributed by atoms with Crippen molar-refractivity contribution in [2.45, 2.75) is 64.5 Å². The highest BCUT2D eigenvalue weighted by Crippen LogP contribution is 2.36. The fourth-order valence-corrected chi connectivity index (χ4v) is 3.87. The van der Waals surface area contributed by atoms with Crippen LogP contribution in [0.15, 0.2) is 0 Å². The van der Waals surface area contributed by atoms with Crippen molar-refractivity contribution in [3.8, 4) is 0 Å². The highest BCUT2D eigenvalue weighted by Gasteiger charge is 2.36. The maximum absolute atomic E-state index is 5.97. The molecule has 0 bridgehead atoms. The largest absolute Gasteiger partial charge is 0.329 e. The monoisotopic (exact) mass is 224 g/mol. The van der Waals surface area contributed by atoms with Crippen molar-refractivity contribution < 1.29 is 0 Å². The van der Waals surface area contributed by atoms with Gasteiger partial charge < -0.3 is 5.73 Å². The number of hydrogen-bond acceptors (Lipinski definition) is 2. The molecule has 0 aromatic carbocycles. The molecule has 4 atom stereocenters. The van der Waals surface area contributed by atoms with Gasteiger partial charge in [-0.05, 0) is 44.1 Å². The van der Waals surface area contributed by atoms with Crippen molar-refractivity contribution >= 4 is 0 Å². The van der Waals surface area contributed by atoms with Crippen LogP contribution in [-0.2, 0) is 0 Å². The van der Waals surface area contributed by atoms with Crippen molar-refractivity contribution in [1.82, 2.24) is 4.90 Å². The van der Waals surface area contributed by atoms with Gasteiger partial charge >= 0.3 is 0 Å². The van der Waals surface area contributed by atoms with Gasteiger partial charge in [-0.15, -0.1) is 0 Å². The third-order valence-electron chi connectivity index (χ3n) is 4.86. The fraction of sp³-hybridized carbons (Fsp3) is 1.00. The standard InChI is InChI=1S/C14H28N2/c1-3-12-5-4-6-14(12)16-8-7-11(2)9-13(16)10-15/h11-14H,3-10,15H2,1-2H3. The van der Waals surface area contributed by atoms with E-state index >= 15 is 0 Å². The number of piperidine rings is 1. The lowest BCUT2D eigenvalue weighted by molar-refractivity contribution is 0.0568. The summed E-state index contributed by atoms with van der Waals surface area (Å²) in [6.45, 7) is 6.89. The van der Waals surface area contributed by atoms with E-state index in [1.165, 1.54) is 45.1 Å². The van der Waals surface area contributed by atoms with Gasteiger partial charge in [-0.2, -0.15) is 0 Å². The van der Waals surface area contributed by atoms with Crippen molar-refractivity contribution in [2.75, 3.05) is 13.1 Å². The molecule has 0 aromatic rings. The van der Waals surface area contributed by atoms with Gasteiger partial charge in [-0.3, -0.25) is 4.90 Å². The molecule has 1 aliphatic carbocycles. The highest BCUT2D eigenvalue weighted by molar-refractivity contribution is 4.91. The summed E-state index contributed by atoms with van der Waals surface area (Å²) in [4.78, 5) is 2.77. The van der Waals surface area contributed by atoms with Gasteiger partial charge in [-0.1, -0.05) is 26.7 Å². The molecule has 16 heavy (non-hydrogen) atoms. The molecule has 1 aliphatic heterocycles. The fourth-order valence-electron chi connectivity index (χ4n) is 3.87. The summed E-state index contributed by atoms with van der Waals surface area (Å²) in [5.41, 5.74) is 5.97. The number of hydrogen-bond donors (Lipinski definition) is 1. The Bertz CT molecular complexity index is 217. The first-order valence-electron chi connectivity index (χ1n) is 7.22. The van der Waals surface area contributed by atoms with Crippen LogP contribution in [0.4, 0.5) is 0 Å². The van der Waals surface area contributed by atoms with Crippen LogP contribution in [0.2, 0.25) is 0 Å². The molecule has 1 heterocycles. The zero-order valence-corrected chi connectivity index (χ0v) is 11.0. The van der Waals surface area contributed by atoms with Crippen LogP contribution < -0.4 is 5.73 Å². The molecule has 1 saturated carbocycles. The minimum atomic E-state index is 0.667. The van der Waals surface area contributed by atoms with Crippen molar-refractivity contribution in [1.29, 1.82) is 0 Å². The molecule has 94 valence electrons. The Morgan fingerprint density at radius 2 is 2.06 bits per heavy atom. The molecule has 2 N–H and O–H groups in total. The number of likely N-dealkylation sites (tertiary alicyclic amines) is 1. The van der Waals surface area contributed by atoms with E-state index in [0.717, 1.165) is 24.4 Å². The second-order valence-electron chi connectivity index (χ2n) is 5.92. The van der Waals surface area contributed by atoms with Gasteiger partial charge in [0.1, 0.15) is 0 Å². The molecular formula is C14H28N2. The third kappa shape index (κ3) is 2.43. The van der Waals surface area contributed by atoms with Gasteiger partial charge in [0.25, 0.3) is 0 Å². The van der Waals surface area contributed by atoms with E-state index in [9.17, 15) is 0 Å². The molecule has 0 spiro atoms. The quantitative estimate of drug-likeness (QED) is 0.798. The third-order valence-corrected chi connectivity index (χ3v) is 4.86. The average molecular weight is 224 g/mol. The van der Waals surface area contributed by atoms with Gasteiger partial charge in [0.05, 0.1) is 0 Å². The zero-order chi connectivity index (χ0) is 11.5. The molecule has 1 saturated heterocycles. The highest BCUT2D eigenvalue weighted by atomic mass is 15.2. The molecular weight excluding hydrogens is 196 g/mol. The summed E-state index contributed by atoms with van der Waals surface area (Å²) in [7, 11) is 0. The first kappa shape index (κ1) is 12.4. The van der Waals surface area contributed by atoms with E-state index in [2.05, 4.69) is 18.7 Å². The maximum Gasteiger partial charge on any atom is 0.0224 e. The summed E-state index contributed by atoms with van der Waals surface area (Å²) in [5, 5.41) is 0. The van der Waals surface area contributed by atoms with Crippen LogP contribution >= 0.6 is 0 Å². The Hall–Kier alpha value is -0.0800. The van der Waals surface area contributed by atoms with Crippen molar-refractivity contribution in [3.63, 3.8) is 0 Å². The molecule has 0 aromatic heterocycles. The number of rotatable bonds is 3. The molecule has 2 rings (SSSR count). The van der Waals surface area contributed by atoms with Gasteiger partial charge in [0.2, 0.25) is 0 Å². The average Bonchev–Trinajstić information content (AvgIpc) is 2.76. The molecule has 0 amide bonds. The summed E-state index contributed by atoms with van der Waals surface area (Å²) in [6.07, 6.45) is 8.36. The van der Waals surface area contributed by atoms with E-state index in [-0.39, 0.29) is 0 Å². The Labute approximate surface area is 101 Å². The lowest BCUT2D eigenvalue weighted by Gasteiger charge is -2.43. The predicted octanol–water partition coefficient (Wildman–Crippen LogP) is 2.62. The normalized spacial score (nSPS) is 41.4. The molecule has 2 fully saturated rings. The van der Waals surface area contributed by atoms with Crippen LogP contribution in [0.5, 0.6) is 0 Å². The number of nitrogens with two attached hydrogens (primary N) is 1. The van der Waals surface area contributed by atoms with Crippen LogP contribution in [0, 0.1) is 11.8 Å². The van der Waals surface area contributed by atoms with Crippen LogP contribution in [0.3, 0.4) is 0 Å². The lowest BCUT2D eigenvalue weighted by atomic mass is 9.88. The molecule has 2 heteroatoms. The van der Waals surface area contributed by atoms with Crippen LogP contribution in [-0.4, -0.2) is 30.1 Å². The molecule has 2 nitrogen and oxygen atoms in total. The Kier molecular flexibility index (Phi) is 4.26. The van der Waals surface area contributed by atoms with E-state index in [4.69, 9.17) is 5.73 Å². The lowest BCUT2D eigenvalue weighted by Crippen LogP contribution is -2.52. The van der Waals surface area contributed by atoms with Gasteiger partial charge in [0.15, 0.2) is 0 Å². The van der Waals surface area contributed by atoms with Gasteiger partial charge in [-0.25, -0.2) is 0 Å². The van der Waals surface area contributed by atoms with Crippen molar-refractivity contribution in [3.05, 3.63) is 0 Å². The second kappa shape index (κ2) is 5.50. The SMILES string of the molecule is CCC1CCCC1N1CCC(C)CC1CN. The van der Waals surface area contributed by atoms with Gasteiger partial charge in [0, 0.05) is 18.6 Å². The van der Waals surface area contributed by atoms with E-state index in [0.29, 0.717) is 6.04 Å². The summed E-state index contributed by atoms with van der Waals surface area (Å²) < 4.78 is 0. The Morgan fingerprint density at radius 1 is 1.25 bits per heavy atom. The number of nitrogens with zero attached hydrogens (tertiary/aromatic N) is 1. The maximum atomic E-state index is 5.97. The zero-order valence-electron chi connectivity index (χ0n) is 11.0. The molecule has 2 aliphatic rings. The summed E-state index contributed by atoms with van der Waals surface area (Å²) in [5.74, 6) is 1.83. The first-order valence-corrected chi connectivity index (χ1v) is 7.22. The van der Waals surface area contributed by atoms with E-state index in [1.54, 1.807) is 0 Å². The first-order chi connectivity index (χ1) is 7.76. The van der Waals surface area contributed by atoms with Crippen LogP contribution in [0.1, 0.15) is 52.4 Å². The van der Waals surface area contributed by atoms with E-state index in [1.807, 2.05) is 0 Å². The molecule has 4 unspecified atom stereocenters. The topological polar surface area (TPSA) is 29.3 Å². The Morgan fingerprint density at radius 3 is 2.75 bits per heavy atom. The second-order valence-corrected chi connectivity index (χ2v) is 5.92.